The summed E-state index contributed by atoms with van der Waals surface area (Å²) >= 11 is 13.4. The Bertz CT molecular complexity index is 3200. The van der Waals surface area contributed by atoms with Crippen LogP contribution in [-0.4, -0.2) is 262 Å². The van der Waals surface area contributed by atoms with Crippen molar-refractivity contribution in [3.63, 3.8) is 0 Å². The van der Waals surface area contributed by atoms with Crippen LogP contribution in [-0.2, 0) is 38.9 Å². The van der Waals surface area contributed by atoms with Crippen LogP contribution >= 0.6 is 35.0 Å². The number of hydrogen-bond acceptors (Lipinski definition) is 18. The Labute approximate surface area is 683 Å². The van der Waals surface area contributed by atoms with E-state index in [1.165, 1.54) is 143 Å². The van der Waals surface area contributed by atoms with Crippen molar-refractivity contribution in [3.8, 4) is 0 Å². The highest BCUT2D eigenvalue weighted by Crippen LogP contribution is 2.19. The molecule has 0 aliphatic carbocycles. The maximum atomic E-state index is 10.8. The lowest BCUT2D eigenvalue weighted by Gasteiger charge is -2.26. The van der Waals surface area contributed by atoms with Crippen molar-refractivity contribution in [2.75, 3.05) is 209 Å². The first kappa shape index (κ1) is 101. The van der Waals surface area contributed by atoms with Gasteiger partial charge in [0.15, 0.2) is 9.84 Å². The first-order valence-corrected chi connectivity index (χ1v) is 43.6. The normalized spacial score (nSPS) is 17.2. The van der Waals surface area contributed by atoms with Gasteiger partial charge in [-0.15, -0.1) is 0 Å². The molecule has 17 nitrogen and oxygen atoms in total. The number of aliphatic hydroxyl groups is 2. The number of aromatic nitrogens is 1. The van der Waals surface area contributed by atoms with E-state index in [0.29, 0.717) is 54.3 Å². The third-order valence-electron chi connectivity index (χ3n) is 18.9. The van der Waals surface area contributed by atoms with Crippen molar-refractivity contribution in [1.82, 2.24) is 50.3 Å². The summed E-state index contributed by atoms with van der Waals surface area (Å²) in [5.41, 5.74) is 24.8. The van der Waals surface area contributed by atoms with Gasteiger partial charge in [0.05, 0.1) is 51.1 Å². The van der Waals surface area contributed by atoms with Gasteiger partial charge in [0.25, 0.3) is 0 Å². The Balaban J connectivity index is 0.000000411. The molecule has 0 atom stereocenters. The van der Waals surface area contributed by atoms with E-state index in [1.807, 2.05) is 55.8 Å². The molecule has 6 fully saturated rings. The highest BCUT2D eigenvalue weighted by atomic mass is 35.5. The molecule has 21 heteroatoms. The molecular weight excluding hydrogens is 1450 g/mol. The van der Waals surface area contributed by atoms with Gasteiger partial charge in [-0.25, -0.2) is 8.42 Å². The second-order valence-electron chi connectivity index (χ2n) is 30.0. The van der Waals surface area contributed by atoms with E-state index in [2.05, 4.69) is 240 Å². The number of benzene rings is 5. The number of ether oxygens (including phenoxy) is 2. The number of aryl methyl sites for hydroxylation is 10. The number of piperazine rings is 1. The van der Waals surface area contributed by atoms with E-state index < -0.39 is 9.84 Å². The van der Waals surface area contributed by atoms with Crippen LogP contribution in [0.3, 0.4) is 0 Å². The summed E-state index contributed by atoms with van der Waals surface area (Å²) in [5.74, 6) is 4.31. The Morgan fingerprint density at radius 3 is 1.37 bits per heavy atom. The van der Waals surface area contributed by atoms with E-state index in [0.717, 1.165) is 108 Å². The van der Waals surface area contributed by atoms with Crippen LogP contribution in [0.15, 0.2) is 127 Å². The predicted octanol–water partition coefficient (Wildman–Crippen LogP) is 13.7. The number of nitrogens with zero attached hydrogens (tertiary/aromatic N) is 7. The number of likely N-dealkylation sites (N-methyl/N-ethyl adjacent to an activating group) is 2. The summed E-state index contributed by atoms with van der Waals surface area (Å²) in [6, 6.07) is 39.3. The summed E-state index contributed by atoms with van der Waals surface area (Å²) in [7, 11) is 5.73. The highest BCUT2D eigenvalue weighted by molar-refractivity contribution is 7.99. The molecular formula is C89H147Cl2N11O6S2. The number of halogens is 2. The van der Waals surface area contributed by atoms with E-state index in [4.69, 9.17) is 48.6 Å². The number of rotatable bonds is 9. The SMILES string of the molecule is CC1=CCNCC1.CC1CCNCC1.CN1CCNCC1.CN1CCOCC1.CN1CCS(=O)(=O)CC1.CN1CCSCC1.Cc1cc(C)cc(CN2CCOCC2)c1.Cc1cc(C)nc(C)c1.Cc1cc(Cl)cc(Cl)c1.Cc1ccc(CN)cc1.Cc1cccc(C)c1C.Cc1cccc(CN(CCO)CCO)c1. The zero-order valence-corrected chi connectivity index (χ0v) is 74.1. The Kier molecular flexibility index (Phi) is 56.9. The van der Waals surface area contributed by atoms with E-state index >= 15 is 0 Å². The second kappa shape index (κ2) is 61.7. The number of nitrogens with one attached hydrogen (secondary N) is 3. The van der Waals surface area contributed by atoms with Gasteiger partial charge in [0.1, 0.15) is 0 Å². The molecule has 620 valence electrons. The van der Waals surface area contributed by atoms with Crippen molar-refractivity contribution in [2.24, 2.45) is 11.7 Å². The number of aliphatic hydroxyl groups excluding tert-OH is 2. The van der Waals surface area contributed by atoms with Crippen molar-refractivity contribution >= 4 is 44.8 Å². The second-order valence-corrected chi connectivity index (χ2v) is 34.4. The minimum Gasteiger partial charge on any atom is -0.395 e. The zero-order chi connectivity index (χ0) is 81.5. The van der Waals surface area contributed by atoms with Crippen LogP contribution in [0.2, 0.25) is 10.0 Å². The summed E-state index contributed by atoms with van der Waals surface area (Å²) < 4.78 is 32.0. The maximum Gasteiger partial charge on any atom is 0.152 e. The van der Waals surface area contributed by atoms with Gasteiger partial charge in [0, 0.05) is 151 Å². The largest absolute Gasteiger partial charge is 0.395 e. The van der Waals surface area contributed by atoms with Crippen LogP contribution in [0.4, 0.5) is 0 Å². The van der Waals surface area contributed by atoms with Crippen molar-refractivity contribution in [2.45, 2.75) is 129 Å². The van der Waals surface area contributed by atoms with Gasteiger partial charge >= 0.3 is 0 Å². The summed E-state index contributed by atoms with van der Waals surface area (Å²) in [6.07, 6.45) is 6.23. The quantitative estimate of drug-likeness (QED) is 0.0750. The highest BCUT2D eigenvalue weighted by Gasteiger charge is 2.18. The fourth-order valence-electron chi connectivity index (χ4n) is 11.7. The molecule has 0 radical (unpaired) electrons. The third-order valence-corrected chi connectivity index (χ3v) is 21.9. The number of morpholine rings is 2. The molecule has 7 aliphatic rings. The van der Waals surface area contributed by atoms with Gasteiger partial charge in [0.2, 0.25) is 0 Å². The Hall–Kier alpha value is -4.69. The molecule has 6 saturated heterocycles. The third kappa shape index (κ3) is 54.2. The number of thioether (sulfide) groups is 1. The molecule has 1 aromatic heterocycles. The van der Waals surface area contributed by atoms with Crippen molar-refractivity contribution in [3.05, 3.63) is 215 Å². The number of hydrogen-bond donors (Lipinski definition) is 6. The summed E-state index contributed by atoms with van der Waals surface area (Å²) in [5, 5.41) is 29.0. The first-order valence-electron chi connectivity index (χ1n) is 39.9. The molecule has 13 rings (SSSR count). The van der Waals surface area contributed by atoms with Crippen LogP contribution < -0.4 is 21.7 Å². The molecule has 0 amide bonds. The average molecular weight is 1600 g/mol. The van der Waals surface area contributed by atoms with E-state index in [9.17, 15) is 8.42 Å². The van der Waals surface area contributed by atoms with Crippen molar-refractivity contribution < 1.29 is 28.1 Å². The number of sulfone groups is 1. The van der Waals surface area contributed by atoms with Crippen LogP contribution in [0.5, 0.6) is 0 Å². The zero-order valence-electron chi connectivity index (χ0n) is 71.0. The fraction of sp³-hybridized carbons (Fsp3) is 0.584. The van der Waals surface area contributed by atoms with Gasteiger partial charge < -0.3 is 61.0 Å². The summed E-state index contributed by atoms with van der Waals surface area (Å²) in [6.45, 7) is 52.7. The standard InChI is InChI=1S/C13H19NO.C12H19NO2.C9H12.2C8H11N.C7H6Cl2.C6H13N.C6H11N.C5H12N2.C5H11NO2S.C5H11NO.C5H11NS/c1-11-7-12(2)9-13(8-11)10-14-3-5-15-6-4-14;1-11-3-2-4-12(9-11)10-13(5-7-14)6-8-15;1-7-5-4-6-8(2)9(7)3;1-6-4-7(2)9-8(3)5-6;1-7-2-4-8(6-9)5-3-7;1-5-2-6(8)4-7(9)3-5;2*1-6-2-4-7-5-3-6;1-7-4-2-6-3-5-7;1-6-2-4-9(7,8)5-3-6;2*1-6-2-4-7-5-3-6/h7-9H,3-6,10H2,1-2H3;2-4,9,14-15H,5-8,10H2,1H3;4-6H,1-3H3;4-5H,1-3H3;2-5H,6,9H2,1H3;2-4H,1H3;6-7H,2-5H2,1H3;2,7H,3-5H2,1H3;6H,2-5H2,1H3;2-5H2,1H3;2*2-5H2,1H3. The lowest BCUT2D eigenvalue weighted by Crippen LogP contribution is -2.40. The van der Waals surface area contributed by atoms with Gasteiger partial charge in [-0.2, -0.15) is 11.8 Å². The molecule has 110 heavy (non-hydrogen) atoms. The van der Waals surface area contributed by atoms with Crippen LogP contribution in [0.1, 0.15) is 111 Å². The fourth-order valence-corrected chi connectivity index (χ4v) is 14.9. The molecule has 5 aromatic carbocycles. The minimum atomic E-state index is -2.66. The van der Waals surface area contributed by atoms with Crippen LogP contribution in [0, 0.1) is 82.1 Å². The smallest absolute Gasteiger partial charge is 0.152 e. The number of pyridine rings is 1. The molecule has 8 heterocycles. The minimum absolute atomic E-state index is 0.131. The van der Waals surface area contributed by atoms with E-state index in [1.54, 1.807) is 6.07 Å². The lowest BCUT2D eigenvalue weighted by molar-refractivity contribution is 0.0342. The lowest BCUT2D eigenvalue weighted by atomic mass is 10.0. The summed E-state index contributed by atoms with van der Waals surface area (Å²) in [4.78, 5) is 17.7. The van der Waals surface area contributed by atoms with E-state index in [-0.39, 0.29) is 13.2 Å². The number of piperidine rings is 1. The monoisotopic (exact) mass is 1600 g/mol. The molecule has 0 bridgehead atoms. The predicted molar refractivity (Wildman–Crippen MR) is 474 cm³/mol. The van der Waals surface area contributed by atoms with Gasteiger partial charge in [-0.1, -0.05) is 149 Å². The molecule has 0 unspecified atom stereocenters. The Morgan fingerprint density at radius 1 is 0.518 bits per heavy atom. The van der Waals surface area contributed by atoms with Crippen molar-refractivity contribution in [1.29, 1.82) is 0 Å². The van der Waals surface area contributed by atoms with Gasteiger partial charge in [-0.3, -0.25) is 14.8 Å². The molecule has 0 spiro atoms. The van der Waals surface area contributed by atoms with Gasteiger partial charge in [-0.05, 0) is 231 Å². The molecule has 7 N–H and O–H groups in total. The molecule has 7 aliphatic heterocycles. The molecule has 0 saturated carbocycles. The molecule has 6 aromatic rings. The average Bonchev–Trinajstić information content (AvgIpc) is 0.882. The topological polar surface area (TPSA) is 188 Å². The maximum absolute atomic E-state index is 10.8. The Morgan fingerprint density at radius 2 is 0.991 bits per heavy atom. The van der Waals surface area contributed by atoms with Crippen LogP contribution in [0.25, 0.3) is 0 Å². The number of nitrogens with two attached hydrogens (primary N) is 1. The first-order chi connectivity index (χ1) is 52.5.